The van der Waals surface area contributed by atoms with Crippen molar-refractivity contribution in [3.8, 4) is 5.75 Å². The predicted molar refractivity (Wildman–Crippen MR) is 63.9 cm³/mol. The maximum Gasteiger partial charge on any atom is 0.373 e. The van der Waals surface area contributed by atoms with E-state index in [2.05, 4.69) is 4.89 Å². The van der Waals surface area contributed by atoms with E-state index in [1.54, 1.807) is 24.3 Å². The number of unbranched alkanes of at least 4 members (excludes halogenated alkanes) is 1. The van der Waals surface area contributed by atoms with Crippen molar-refractivity contribution in [1.82, 2.24) is 0 Å². The second-order valence-electron chi connectivity index (χ2n) is 3.51. The molecule has 0 fully saturated rings. The highest BCUT2D eigenvalue weighted by Gasteiger charge is 2.09. The summed E-state index contributed by atoms with van der Waals surface area (Å²) in [5, 5.41) is 0. The van der Waals surface area contributed by atoms with E-state index in [9.17, 15) is 4.79 Å². The Hall–Kier alpha value is -1.55. The monoisotopic (exact) mass is 238 g/mol. The van der Waals surface area contributed by atoms with Gasteiger partial charge in [0, 0.05) is 0 Å². The van der Waals surface area contributed by atoms with E-state index >= 15 is 0 Å². The van der Waals surface area contributed by atoms with Gasteiger partial charge in [0.05, 0.1) is 18.8 Å². The molecule has 0 amide bonds. The number of hydrogen-bond acceptors (Lipinski definition) is 4. The maximum absolute atomic E-state index is 11.6. The Bertz CT molecular complexity index is 349. The van der Waals surface area contributed by atoms with Crippen LogP contribution in [0.3, 0.4) is 0 Å². The van der Waals surface area contributed by atoms with Crippen LogP contribution in [0.2, 0.25) is 0 Å². The van der Waals surface area contributed by atoms with E-state index in [0.717, 1.165) is 12.8 Å². The van der Waals surface area contributed by atoms with Crippen molar-refractivity contribution in [2.24, 2.45) is 0 Å². The van der Waals surface area contributed by atoms with Crippen LogP contribution in [0.4, 0.5) is 0 Å². The molecule has 0 aliphatic rings. The van der Waals surface area contributed by atoms with Crippen molar-refractivity contribution in [2.75, 3.05) is 13.2 Å². The minimum Gasteiger partial charge on any atom is -0.494 e. The molecule has 0 radical (unpaired) electrons. The third-order valence-electron chi connectivity index (χ3n) is 2.10. The lowest BCUT2D eigenvalue weighted by Gasteiger charge is -2.05. The molecule has 1 aromatic rings. The molecule has 17 heavy (non-hydrogen) atoms. The van der Waals surface area contributed by atoms with Crippen molar-refractivity contribution in [2.45, 2.75) is 26.7 Å². The van der Waals surface area contributed by atoms with Crippen LogP contribution < -0.4 is 4.74 Å². The summed E-state index contributed by atoms with van der Waals surface area (Å²) in [7, 11) is 0. The first-order valence-electron chi connectivity index (χ1n) is 5.84. The van der Waals surface area contributed by atoms with E-state index in [1.165, 1.54) is 0 Å². The van der Waals surface area contributed by atoms with Crippen molar-refractivity contribution in [3.63, 3.8) is 0 Å². The largest absolute Gasteiger partial charge is 0.494 e. The summed E-state index contributed by atoms with van der Waals surface area (Å²) in [6.45, 7) is 4.91. The molecule has 1 rings (SSSR count). The van der Waals surface area contributed by atoms with Crippen molar-refractivity contribution < 1.29 is 19.3 Å². The van der Waals surface area contributed by atoms with Gasteiger partial charge >= 0.3 is 5.97 Å². The van der Waals surface area contributed by atoms with E-state index < -0.39 is 5.97 Å². The van der Waals surface area contributed by atoms with E-state index in [0.29, 0.717) is 24.5 Å². The topological polar surface area (TPSA) is 44.8 Å². The molecule has 4 nitrogen and oxygen atoms in total. The lowest BCUT2D eigenvalue weighted by atomic mass is 10.2. The summed E-state index contributed by atoms with van der Waals surface area (Å²) in [5.41, 5.74) is 0.424. The molecular formula is C13H18O4. The standard InChI is InChI=1S/C13H18O4/c1-3-5-9-16-17-13(14)11-7-6-8-12(10-11)15-4-2/h6-8,10H,3-5,9H2,1-2H3. The van der Waals surface area contributed by atoms with Gasteiger partial charge < -0.3 is 4.74 Å². The summed E-state index contributed by atoms with van der Waals surface area (Å²) < 4.78 is 5.29. The van der Waals surface area contributed by atoms with Crippen molar-refractivity contribution in [3.05, 3.63) is 29.8 Å². The van der Waals surface area contributed by atoms with Crippen LogP contribution in [-0.2, 0) is 9.78 Å². The zero-order valence-corrected chi connectivity index (χ0v) is 10.3. The van der Waals surface area contributed by atoms with Crippen LogP contribution in [0.5, 0.6) is 5.75 Å². The number of carbonyl (C=O) groups excluding carboxylic acids is 1. The smallest absolute Gasteiger partial charge is 0.373 e. The van der Waals surface area contributed by atoms with Gasteiger partial charge in [-0.05, 0) is 31.5 Å². The molecule has 4 heteroatoms. The average molecular weight is 238 g/mol. The zero-order chi connectivity index (χ0) is 12.5. The van der Waals surface area contributed by atoms with Gasteiger partial charge in [-0.25, -0.2) is 4.79 Å². The summed E-state index contributed by atoms with van der Waals surface area (Å²) in [4.78, 5) is 21.0. The SMILES string of the molecule is CCCCOOC(=O)c1cccc(OCC)c1. The number of benzene rings is 1. The van der Waals surface area contributed by atoms with Crippen LogP contribution in [0, 0.1) is 0 Å². The Morgan fingerprint density at radius 1 is 1.29 bits per heavy atom. The molecule has 0 aromatic heterocycles. The van der Waals surface area contributed by atoms with Gasteiger partial charge in [0.2, 0.25) is 0 Å². The highest BCUT2D eigenvalue weighted by molar-refractivity contribution is 5.89. The third kappa shape index (κ3) is 4.87. The Balaban J connectivity index is 2.47. The lowest BCUT2D eigenvalue weighted by molar-refractivity contribution is -0.241. The molecule has 0 aliphatic carbocycles. The molecular weight excluding hydrogens is 220 g/mol. The van der Waals surface area contributed by atoms with Crippen LogP contribution in [-0.4, -0.2) is 19.2 Å². The molecule has 0 spiro atoms. The molecule has 0 saturated heterocycles. The highest BCUT2D eigenvalue weighted by Crippen LogP contribution is 2.14. The minimum atomic E-state index is -0.498. The third-order valence-corrected chi connectivity index (χ3v) is 2.10. The van der Waals surface area contributed by atoms with Crippen LogP contribution >= 0.6 is 0 Å². The summed E-state index contributed by atoms with van der Waals surface area (Å²) in [6, 6.07) is 6.83. The van der Waals surface area contributed by atoms with Gasteiger partial charge in [-0.1, -0.05) is 19.4 Å². The maximum atomic E-state index is 11.6. The van der Waals surface area contributed by atoms with Crippen molar-refractivity contribution in [1.29, 1.82) is 0 Å². The summed E-state index contributed by atoms with van der Waals surface area (Å²) >= 11 is 0. The molecule has 94 valence electrons. The van der Waals surface area contributed by atoms with E-state index in [4.69, 9.17) is 9.62 Å². The minimum absolute atomic E-state index is 0.424. The Kier molecular flexibility index (Phi) is 6.10. The zero-order valence-electron chi connectivity index (χ0n) is 10.3. The van der Waals surface area contributed by atoms with Gasteiger partial charge in [0.25, 0.3) is 0 Å². The number of hydrogen-bond donors (Lipinski definition) is 0. The Morgan fingerprint density at radius 3 is 2.82 bits per heavy atom. The first kappa shape index (κ1) is 13.5. The fourth-order valence-electron chi connectivity index (χ4n) is 1.23. The number of rotatable bonds is 7. The van der Waals surface area contributed by atoms with Gasteiger partial charge in [-0.15, -0.1) is 0 Å². The molecule has 0 saturated carbocycles. The molecule has 0 bridgehead atoms. The molecule has 0 N–H and O–H groups in total. The second kappa shape index (κ2) is 7.68. The summed E-state index contributed by atoms with van der Waals surface area (Å²) in [5.74, 6) is 0.151. The average Bonchev–Trinajstić information content (AvgIpc) is 2.35. The van der Waals surface area contributed by atoms with E-state index in [1.807, 2.05) is 13.8 Å². The molecule has 0 unspecified atom stereocenters. The van der Waals surface area contributed by atoms with Crippen molar-refractivity contribution >= 4 is 5.97 Å². The molecule has 0 atom stereocenters. The predicted octanol–water partition coefficient (Wildman–Crippen LogP) is 2.97. The van der Waals surface area contributed by atoms with E-state index in [-0.39, 0.29) is 0 Å². The molecule has 0 aliphatic heterocycles. The number of carbonyl (C=O) groups is 1. The Labute approximate surface area is 101 Å². The first-order chi connectivity index (χ1) is 8.27. The lowest BCUT2D eigenvalue weighted by Crippen LogP contribution is -2.07. The van der Waals surface area contributed by atoms with Crippen LogP contribution in [0.1, 0.15) is 37.0 Å². The highest BCUT2D eigenvalue weighted by atomic mass is 17.2. The van der Waals surface area contributed by atoms with Gasteiger partial charge in [0.1, 0.15) is 5.75 Å². The van der Waals surface area contributed by atoms with Crippen LogP contribution in [0.25, 0.3) is 0 Å². The first-order valence-corrected chi connectivity index (χ1v) is 5.84. The second-order valence-corrected chi connectivity index (χ2v) is 3.51. The summed E-state index contributed by atoms with van der Waals surface area (Å²) in [6.07, 6.45) is 1.86. The van der Waals surface area contributed by atoms with Crippen LogP contribution in [0.15, 0.2) is 24.3 Å². The van der Waals surface area contributed by atoms with Gasteiger partial charge in [-0.2, -0.15) is 4.89 Å². The fraction of sp³-hybridized carbons (Fsp3) is 0.462. The van der Waals surface area contributed by atoms with Gasteiger partial charge in [-0.3, -0.25) is 4.89 Å². The Morgan fingerprint density at radius 2 is 2.12 bits per heavy atom. The molecule has 1 aromatic carbocycles. The quantitative estimate of drug-likeness (QED) is 0.416. The van der Waals surface area contributed by atoms with Gasteiger partial charge in [0.15, 0.2) is 0 Å². The number of ether oxygens (including phenoxy) is 1. The molecule has 0 heterocycles. The normalized spacial score (nSPS) is 10.0. The fourth-order valence-corrected chi connectivity index (χ4v) is 1.23.